The topological polar surface area (TPSA) is 26.0 Å². The third kappa shape index (κ3) is 2.86. The molecule has 3 atom stereocenters. The molecule has 0 radical (unpaired) electrons. The van der Waals surface area contributed by atoms with Crippen LogP contribution in [0.3, 0.4) is 0 Å². The third-order valence-corrected chi connectivity index (χ3v) is 4.09. The van der Waals surface area contributed by atoms with Crippen LogP contribution in [0.4, 0.5) is 4.39 Å². The SMILES string of the molecule is Cc1ccc(F)cc1C(N)C1CCCC(C)C1. The van der Waals surface area contributed by atoms with Crippen molar-refractivity contribution in [2.24, 2.45) is 17.6 Å². The van der Waals surface area contributed by atoms with E-state index in [9.17, 15) is 4.39 Å². The predicted octanol–water partition coefficient (Wildman–Crippen LogP) is 3.96. The van der Waals surface area contributed by atoms with E-state index in [1.54, 1.807) is 6.07 Å². The summed E-state index contributed by atoms with van der Waals surface area (Å²) in [5.74, 6) is 1.10. The van der Waals surface area contributed by atoms with E-state index >= 15 is 0 Å². The zero-order valence-corrected chi connectivity index (χ0v) is 10.7. The maximum atomic E-state index is 13.3. The van der Waals surface area contributed by atoms with Crippen LogP contribution in [0.2, 0.25) is 0 Å². The van der Waals surface area contributed by atoms with Crippen LogP contribution >= 0.6 is 0 Å². The lowest BCUT2D eigenvalue weighted by Crippen LogP contribution is -2.26. The largest absolute Gasteiger partial charge is 0.324 e. The van der Waals surface area contributed by atoms with Gasteiger partial charge in [0.2, 0.25) is 0 Å². The highest BCUT2D eigenvalue weighted by atomic mass is 19.1. The van der Waals surface area contributed by atoms with Gasteiger partial charge in [0, 0.05) is 6.04 Å². The molecule has 3 unspecified atom stereocenters. The lowest BCUT2D eigenvalue weighted by Gasteiger charge is -2.32. The number of hydrogen-bond donors (Lipinski definition) is 1. The molecule has 2 heteroatoms. The highest BCUT2D eigenvalue weighted by Gasteiger charge is 2.26. The number of benzene rings is 1. The fourth-order valence-corrected chi connectivity index (χ4v) is 3.03. The van der Waals surface area contributed by atoms with Gasteiger partial charge < -0.3 is 5.73 Å². The Morgan fingerprint density at radius 1 is 1.35 bits per heavy atom. The lowest BCUT2D eigenvalue weighted by atomic mass is 9.76. The summed E-state index contributed by atoms with van der Waals surface area (Å²) in [6.07, 6.45) is 4.93. The van der Waals surface area contributed by atoms with Crippen LogP contribution in [0, 0.1) is 24.6 Å². The third-order valence-electron chi connectivity index (χ3n) is 4.09. The van der Waals surface area contributed by atoms with E-state index < -0.39 is 0 Å². The van der Waals surface area contributed by atoms with E-state index in [0.717, 1.165) is 17.0 Å². The Morgan fingerprint density at radius 2 is 2.12 bits per heavy atom. The molecule has 0 aromatic heterocycles. The summed E-state index contributed by atoms with van der Waals surface area (Å²) in [7, 11) is 0. The van der Waals surface area contributed by atoms with E-state index in [1.165, 1.54) is 31.7 Å². The van der Waals surface area contributed by atoms with Crippen molar-refractivity contribution < 1.29 is 4.39 Å². The molecule has 1 aliphatic rings. The van der Waals surface area contributed by atoms with Crippen molar-refractivity contribution >= 4 is 0 Å². The fourth-order valence-electron chi connectivity index (χ4n) is 3.03. The van der Waals surface area contributed by atoms with E-state index in [-0.39, 0.29) is 11.9 Å². The van der Waals surface area contributed by atoms with Crippen molar-refractivity contribution in [1.82, 2.24) is 0 Å². The van der Waals surface area contributed by atoms with E-state index in [1.807, 2.05) is 13.0 Å². The van der Waals surface area contributed by atoms with Crippen LogP contribution in [0.1, 0.15) is 49.8 Å². The minimum atomic E-state index is -0.176. The van der Waals surface area contributed by atoms with Gasteiger partial charge >= 0.3 is 0 Å². The number of halogens is 1. The molecule has 0 amide bonds. The smallest absolute Gasteiger partial charge is 0.123 e. The quantitative estimate of drug-likeness (QED) is 0.825. The van der Waals surface area contributed by atoms with Crippen LogP contribution in [0.15, 0.2) is 18.2 Å². The monoisotopic (exact) mass is 235 g/mol. The number of hydrogen-bond acceptors (Lipinski definition) is 1. The second-order valence-electron chi connectivity index (χ2n) is 5.56. The second-order valence-corrected chi connectivity index (χ2v) is 5.56. The van der Waals surface area contributed by atoms with Gasteiger partial charge in [0.25, 0.3) is 0 Å². The first-order valence-electron chi connectivity index (χ1n) is 6.59. The standard InChI is InChI=1S/C15H22FN/c1-10-4-3-5-12(8-10)15(17)14-9-13(16)7-6-11(14)2/h6-7,9-10,12,15H,3-5,8,17H2,1-2H3. The summed E-state index contributed by atoms with van der Waals surface area (Å²) in [5.41, 5.74) is 8.43. The van der Waals surface area contributed by atoms with Crippen LogP contribution < -0.4 is 5.73 Å². The highest BCUT2D eigenvalue weighted by molar-refractivity contribution is 5.29. The van der Waals surface area contributed by atoms with Crippen LogP contribution in [0.5, 0.6) is 0 Å². The maximum Gasteiger partial charge on any atom is 0.123 e. The maximum absolute atomic E-state index is 13.3. The minimum absolute atomic E-state index is 0.00606. The van der Waals surface area contributed by atoms with Gasteiger partial charge in [0.1, 0.15) is 5.82 Å². The van der Waals surface area contributed by atoms with Crippen molar-refractivity contribution in [2.75, 3.05) is 0 Å². The summed E-state index contributed by atoms with van der Waals surface area (Å²) < 4.78 is 13.3. The summed E-state index contributed by atoms with van der Waals surface area (Å²) in [6, 6.07) is 4.94. The highest BCUT2D eigenvalue weighted by Crippen LogP contribution is 2.36. The predicted molar refractivity (Wildman–Crippen MR) is 69.2 cm³/mol. The molecule has 17 heavy (non-hydrogen) atoms. The van der Waals surface area contributed by atoms with E-state index in [4.69, 9.17) is 5.73 Å². The average molecular weight is 235 g/mol. The Labute approximate surface area is 103 Å². The molecule has 1 saturated carbocycles. The summed E-state index contributed by atoms with van der Waals surface area (Å²) in [6.45, 7) is 4.30. The van der Waals surface area contributed by atoms with Gasteiger partial charge in [0.15, 0.2) is 0 Å². The van der Waals surface area contributed by atoms with Crippen LogP contribution in [0.25, 0.3) is 0 Å². The Bertz CT molecular complexity index is 389. The number of rotatable bonds is 2. The molecule has 0 heterocycles. The molecule has 0 saturated heterocycles. The molecule has 0 bridgehead atoms. The van der Waals surface area contributed by atoms with Crippen molar-refractivity contribution in [3.05, 3.63) is 35.1 Å². The molecule has 1 aliphatic carbocycles. The van der Waals surface area contributed by atoms with E-state index in [2.05, 4.69) is 6.92 Å². The Balaban J connectivity index is 2.18. The summed E-state index contributed by atoms with van der Waals surface area (Å²) in [5, 5.41) is 0. The average Bonchev–Trinajstić information content (AvgIpc) is 2.31. The minimum Gasteiger partial charge on any atom is -0.324 e. The van der Waals surface area contributed by atoms with Gasteiger partial charge in [-0.25, -0.2) is 4.39 Å². The lowest BCUT2D eigenvalue weighted by molar-refractivity contribution is 0.247. The molecule has 94 valence electrons. The zero-order chi connectivity index (χ0) is 12.4. The molecular weight excluding hydrogens is 213 g/mol. The van der Waals surface area contributed by atoms with Crippen LogP contribution in [-0.4, -0.2) is 0 Å². The first-order chi connectivity index (χ1) is 8.08. The zero-order valence-electron chi connectivity index (χ0n) is 10.7. The molecule has 1 fully saturated rings. The van der Waals surface area contributed by atoms with Crippen molar-refractivity contribution in [2.45, 2.75) is 45.6 Å². The summed E-state index contributed by atoms with van der Waals surface area (Å²) in [4.78, 5) is 0. The molecule has 2 N–H and O–H groups in total. The fraction of sp³-hybridized carbons (Fsp3) is 0.600. The van der Waals surface area contributed by atoms with Gasteiger partial charge in [-0.3, -0.25) is 0 Å². The first-order valence-corrected chi connectivity index (χ1v) is 6.59. The first kappa shape index (κ1) is 12.6. The molecular formula is C15H22FN. The number of nitrogens with two attached hydrogens (primary N) is 1. The molecule has 1 aromatic rings. The molecule has 0 spiro atoms. The summed E-state index contributed by atoms with van der Waals surface area (Å²) >= 11 is 0. The van der Waals surface area contributed by atoms with Gasteiger partial charge in [-0.1, -0.05) is 25.8 Å². The normalized spacial score (nSPS) is 26.8. The van der Waals surface area contributed by atoms with Gasteiger partial charge in [-0.15, -0.1) is 0 Å². The molecule has 1 aromatic carbocycles. The molecule has 1 nitrogen and oxygen atoms in total. The Hall–Kier alpha value is -0.890. The van der Waals surface area contributed by atoms with Gasteiger partial charge in [-0.2, -0.15) is 0 Å². The molecule has 2 rings (SSSR count). The second kappa shape index (κ2) is 5.18. The molecule has 0 aliphatic heterocycles. The van der Waals surface area contributed by atoms with Crippen LogP contribution in [-0.2, 0) is 0 Å². The number of aryl methyl sites for hydroxylation is 1. The van der Waals surface area contributed by atoms with Crippen molar-refractivity contribution in [3.8, 4) is 0 Å². The van der Waals surface area contributed by atoms with Crippen molar-refractivity contribution in [3.63, 3.8) is 0 Å². The Morgan fingerprint density at radius 3 is 2.82 bits per heavy atom. The van der Waals surface area contributed by atoms with Gasteiger partial charge in [-0.05, 0) is 54.9 Å². The van der Waals surface area contributed by atoms with Crippen molar-refractivity contribution in [1.29, 1.82) is 0 Å². The van der Waals surface area contributed by atoms with E-state index in [0.29, 0.717) is 5.92 Å². The Kier molecular flexibility index (Phi) is 3.82. The van der Waals surface area contributed by atoms with Gasteiger partial charge in [0.05, 0.1) is 0 Å².